The molecule has 0 radical (unpaired) electrons. The lowest BCUT2D eigenvalue weighted by Crippen LogP contribution is -2.11. The second-order valence-corrected chi connectivity index (χ2v) is 8.90. The molecule has 0 bridgehead atoms. The molecule has 32 heavy (non-hydrogen) atoms. The van der Waals surface area contributed by atoms with Crippen molar-refractivity contribution < 1.29 is 13.9 Å². The minimum atomic E-state index is -0.299. The molecule has 0 aliphatic heterocycles. The van der Waals surface area contributed by atoms with E-state index in [-0.39, 0.29) is 18.0 Å². The van der Waals surface area contributed by atoms with Gasteiger partial charge < -0.3 is 14.5 Å². The van der Waals surface area contributed by atoms with Gasteiger partial charge in [-0.05, 0) is 74.1 Å². The van der Waals surface area contributed by atoms with Crippen LogP contribution in [0.1, 0.15) is 35.8 Å². The lowest BCUT2D eigenvalue weighted by molar-refractivity contribution is 0.269. The summed E-state index contributed by atoms with van der Waals surface area (Å²) in [5.41, 5.74) is 2.56. The van der Waals surface area contributed by atoms with Crippen LogP contribution in [0, 0.1) is 5.82 Å². The van der Waals surface area contributed by atoms with E-state index in [1.807, 2.05) is 25.1 Å². The number of hydrogen-bond acceptors (Lipinski definition) is 5. The number of nitrogens with one attached hydrogen (secondary N) is 1. The van der Waals surface area contributed by atoms with Crippen LogP contribution in [0.3, 0.4) is 0 Å². The van der Waals surface area contributed by atoms with Crippen molar-refractivity contribution in [2.24, 2.45) is 0 Å². The van der Waals surface area contributed by atoms with Gasteiger partial charge in [-0.2, -0.15) is 0 Å². The van der Waals surface area contributed by atoms with Crippen molar-refractivity contribution in [3.63, 3.8) is 0 Å². The number of aromatic nitrogens is 2. The van der Waals surface area contributed by atoms with Gasteiger partial charge in [0.05, 0.1) is 12.0 Å². The Labute approximate surface area is 188 Å². The van der Waals surface area contributed by atoms with Gasteiger partial charge in [0.25, 0.3) is 5.56 Å². The van der Waals surface area contributed by atoms with Crippen molar-refractivity contribution in [1.82, 2.24) is 9.97 Å². The number of fused-ring (bicyclic) bond motifs is 3. The molecule has 0 unspecified atom stereocenters. The normalized spacial score (nSPS) is 13.2. The number of thiophene rings is 1. The summed E-state index contributed by atoms with van der Waals surface area (Å²) in [4.78, 5) is 22.7. The minimum Gasteiger partial charge on any atom is -0.490 e. The molecule has 1 aliphatic carbocycles. The quantitative estimate of drug-likeness (QED) is 0.412. The summed E-state index contributed by atoms with van der Waals surface area (Å²) < 4.78 is 25.1. The van der Waals surface area contributed by atoms with Gasteiger partial charge in [0, 0.05) is 10.4 Å². The maximum atomic E-state index is 13.4. The predicted molar refractivity (Wildman–Crippen MR) is 124 cm³/mol. The second-order valence-electron chi connectivity index (χ2n) is 7.82. The SMILES string of the molecule is CCOc1cc(-c2nc3sc4c(c3c(=O)[nH]2)CCCC4)ccc1OCc1cccc(F)c1. The molecule has 0 atom stereocenters. The van der Waals surface area contributed by atoms with E-state index in [4.69, 9.17) is 14.5 Å². The van der Waals surface area contributed by atoms with Gasteiger partial charge >= 0.3 is 0 Å². The van der Waals surface area contributed by atoms with Gasteiger partial charge in [-0.3, -0.25) is 4.79 Å². The number of halogens is 1. The molecule has 7 heteroatoms. The van der Waals surface area contributed by atoms with Gasteiger partial charge in [-0.25, -0.2) is 9.37 Å². The summed E-state index contributed by atoms with van der Waals surface area (Å²) in [6.07, 6.45) is 4.26. The maximum Gasteiger partial charge on any atom is 0.260 e. The van der Waals surface area contributed by atoms with Crippen molar-refractivity contribution >= 4 is 21.6 Å². The summed E-state index contributed by atoms with van der Waals surface area (Å²) in [5, 5.41) is 0.744. The van der Waals surface area contributed by atoms with E-state index in [2.05, 4.69) is 4.98 Å². The van der Waals surface area contributed by atoms with E-state index in [9.17, 15) is 9.18 Å². The topological polar surface area (TPSA) is 64.2 Å². The van der Waals surface area contributed by atoms with Crippen molar-refractivity contribution in [1.29, 1.82) is 0 Å². The first kappa shape index (κ1) is 20.7. The lowest BCUT2D eigenvalue weighted by atomic mass is 9.97. The molecule has 5 rings (SSSR count). The molecule has 5 nitrogen and oxygen atoms in total. The van der Waals surface area contributed by atoms with E-state index < -0.39 is 0 Å². The Bertz CT molecular complexity index is 1350. The number of rotatable bonds is 6. The Hall–Kier alpha value is -3.19. The van der Waals surface area contributed by atoms with Crippen molar-refractivity contribution in [2.45, 2.75) is 39.2 Å². The molecule has 0 amide bonds. The summed E-state index contributed by atoms with van der Waals surface area (Å²) in [5.74, 6) is 1.32. The van der Waals surface area contributed by atoms with Crippen LogP contribution in [0.4, 0.5) is 4.39 Å². The molecule has 0 fully saturated rings. The van der Waals surface area contributed by atoms with Gasteiger partial charge in [-0.15, -0.1) is 11.3 Å². The number of nitrogens with zero attached hydrogens (tertiary/aromatic N) is 1. The van der Waals surface area contributed by atoms with E-state index in [0.29, 0.717) is 23.9 Å². The third-order valence-electron chi connectivity index (χ3n) is 5.63. The summed E-state index contributed by atoms with van der Waals surface area (Å²) in [6, 6.07) is 11.8. The highest BCUT2D eigenvalue weighted by atomic mass is 32.1. The van der Waals surface area contributed by atoms with Crippen LogP contribution in [0.25, 0.3) is 21.6 Å². The van der Waals surface area contributed by atoms with E-state index in [1.54, 1.807) is 23.5 Å². The number of ether oxygens (including phenoxy) is 2. The number of benzene rings is 2. The van der Waals surface area contributed by atoms with Gasteiger partial charge in [0.2, 0.25) is 0 Å². The Kier molecular flexibility index (Phi) is 5.66. The Morgan fingerprint density at radius 2 is 1.97 bits per heavy atom. The molecule has 0 spiro atoms. The molecule has 164 valence electrons. The fourth-order valence-electron chi connectivity index (χ4n) is 4.13. The zero-order chi connectivity index (χ0) is 22.1. The highest BCUT2D eigenvalue weighted by Gasteiger charge is 2.20. The molecule has 4 aromatic rings. The first-order chi connectivity index (χ1) is 15.6. The monoisotopic (exact) mass is 450 g/mol. The molecule has 2 aromatic heterocycles. The van der Waals surface area contributed by atoms with Crippen LogP contribution in [0.2, 0.25) is 0 Å². The van der Waals surface area contributed by atoms with Crippen LogP contribution < -0.4 is 15.0 Å². The van der Waals surface area contributed by atoms with Crippen molar-refractivity contribution in [3.05, 3.63) is 74.6 Å². The number of hydrogen-bond donors (Lipinski definition) is 1. The number of aromatic amines is 1. The Balaban J connectivity index is 1.47. The number of aryl methyl sites for hydroxylation is 2. The molecule has 2 heterocycles. The van der Waals surface area contributed by atoms with Crippen LogP contribution in [0.5, 0.6) is 11.5 Å². The average Bonchev–Trinajstić information content (AvgIpc) is 3.17. The molecular weight excluding hydrogens is 427 g/mol. The van der Waals surface area contributed by atoms with Crippen LogP contribution in [-0.2, 0) is 19.4 Å². The third kappa shape index (κ3) is 4.00. The fraction of sp³-hybridized carbons (Fsp3) is 0.280. The van der Waals surface area contributed by atoms with Gasteiger partial charge in [0.1, 0.15) is 23.1 Å². The van der Waals surface area contributed by atoms with E-state index in [1.165, 1.54) is 29.0 Å². The molecule has 0 saturated heterocycles. The minimum absolute atomic E-state index is 0.0891. The fourth-order valence-corrected chi connectivity index (χ4v) is 5.39. The van der Waals surface area contributed by atoms with E-state index >= 15 is 0 Å². The molecule has 0 saturated carbocycles. The Morgan fingerprint density at radius 1 is 1.09 bits per heavy atom. The zero-order valence-corrected chi connectivity index (χ0v) is 18.6. The van der Waals surface area contributed by atoms with E-state index in [0.717, 1.165) is 40.6 Å². The smallest absolute Gasteiger partial charge is 0.260 e. The first-order valence-corrected chi connectivity index (χ1v) is 11.6. The molecule has 1 aliphatic rings. The van der Waals surface area contributed by atoms with Crippen LogP contribution in [0.15, 0.2) is 47.3 Å². The first-order valence-electron chi connectivity index (χ1n) is 10.8. The van der Waals surface area contributed by atoms with Gasteiger partial charge in [-0.1, -0.05) is 12.1 Å². The largest absolute Gasteiger partial charge is 0.490 e. The standard InChI is InChI=1S/C25H23FN2O3S/c1-2-30-20-13-16(10-11-19(20)31-14-15-6-5-7-17(26)12-15)23-27-24(29)22-18-8-3-4-9-21(18)32-25(22)28-23/h5-7,10-13H,2-4,8-9,14H2,1H3,(H,27,28,29). The predicted octanol–water partition coefficient (Wildman–Crippen LogP) is 5.65. The lowest BCUT2D eigenvalue weighted by Gasteiger charge is -2.13. The molecule has 1 N–H and O–H groups in total. The molecular formula is C25H23FN2O3S. The average molecular weight is 451 g/mol. The van der Waals surface area contributed by atoms with Crippen molar-refractivity contribution in [3.8, 4) is 22.9 Å². The summed E-state index contributed by atoms with van der Waals surface area (Å²) >= 11 is 1.63. The third-order valence-corrected chi connectivity index (χ3v) is 6.81. The Morgan fingerprint density at radius 3 is 2.81 bits per heavy atom. The summed E-state index contributed by atoms with van der Waals surface area (Å²) in [7, 11) is 0. The number of H-pyrrole nitrogens is 1. The molecule has 2 aromatic carbocycles. The highest BCUT2D eigenvalue weighted by molar-refractivity contribution is 7.18. The summed E-state index contributed by atoms with van der Waals surface area (Å²) in [6.45, 7) is 2.57. The van der Waals surface area contributed by atoms with Crippen molar-refractivity contribution in [2.75, 3.05) is 6.61 Å². The van der Waals surface area contributed by atoms with Crippen LogP contribution >= 0.6 is 11.3 Å². The maximum absolute atomic E-state index is 13.4. The van der Waals surface area contributed by atoms with Crippen LogP contribution in [-0.4, -0.2) is 16.6 Å². The van der Waals surface area contributed by atoms with Gasteiger partial charge in [0.15, 0.2) is 11.5 Å². The zero-order valence-electron chi connectivity index (χ0n) is 17.7. The second kappa shape index (κ2) is 8.74. The highest BCUT2D eigenvalue weighted by Crippen LogP contribution is 2.36.